The van der Waals surface area contributed by atoms with Crippen LogP contribution in [0.1, 0.15) is 18.4 Å². The van der Waals surface area contributed by atoms with Gasteiger partial charge in [-0.1, -0.05) is 6.07 Å². The molecule has 2 rings (SSSR count). The highest BCUT2D eigenvalue weighted by Crippen LogP contribution is 2.16. The molecule has 0 saturated carbocycles. The minimum Gasteiger partial charge on any atom is -0.356 e. The highest BCUT2D eigenvalue weighted by molar-refractivity contribution is 14.0. The summed E-state index contributed by atoms with van der Waals surface area (Å²) in [4.78, 5) is 20.0. The van der Waals surface area contributed by atoms with Gasteiger partial charge in [-0.05, 0) is 36.8 Å². The van der Waals surface area contributed by atoms with Crippen LogP contribution in [0.25, 0.3) is 0 Å². The number of piperidine rings is 1. The van der Waals surface area contributed by atoms with Crippen molar-refractivity contribution in [3.63, 3.8) is 0 Å². The smallest absolute Gasteiger partial charge is 0.243 e. The van der Waals surface area contributed by atoms with Gasteiger partial charge in [0, 0.05) is 52.1 Å². The summed E-state index contributed by atoms with van der Waals surface area (Å²) >= 11 is 1.74. The van der Waals surface area contributed by atoms with E-state index in [1.807, 2.05) is 6.26 Å². The minimum absolute atomic E-state index is 0. The number of likely N-dealkylation sites (N-methyl/N-ethyl adjacent to an activating group) is 1. The summed E-state index contributed by atoms with van der Waals surface area (Å²) in [5, 5.41) is 6.71. The average molecular weight is 555 g/mol. The number of benzene rings is 1. The van der Waals surface area contributed by atoms with Gasteiger partial charge in [-0.15, -0.1) is 24.0 Å². The maximum atomic E-state index is 13.4. The van der Waals surface area contributed by atoms with Gasteiger partial charge < -0.3 is 15.5 Å². The third-order valence-electron chi connectivity index (χ3n) is 4.79. The van der Waals surface area contributed by atoms with Crippen molar-refractivity contribution in [2.24, 2.45) is 4.99 Å². The van der Waals surface area contributed by atoms with Gasteiger partial charge in [-0.3, -0.25) is 9.69 Å². The molecule has 1 aromatic carbocycles. The Balaban J connectivity index is 0.00000450. The van der Waals surface area contributed by atoms with E-state index in [0.717, 1.165) is 43.8 Å². The van der Waals surface area contributed by atoms with E-state index in [4.69, 9.17) is 0 Å². The summed E-state index contributed by atoms with van der Waals surface area (Å²) in [6, 6.07) is 4.33. The highest BCUT2D eigenvalue weighted by atomic mass is 127. The van der Waals surface area contributed by atoms with Gasteiger partial charge in [0.25, 0.3) is 0 Å². The Morgan fingerprint density at radius 2 is 1.97 bits per heavy atom. The molecule has 0 bridgehead atoms. The molecule has 10 heteroatoms. The summed E-state index contributed by atoms with van der Waals surface area (Å²) in [5.41, 5.74) is 0.776. The first-order valence-corrected chi connectivity index (χ1v) is 11.2. The van der Waals surface area contributed by atoms with Crippen LogP contribution < -0.4 is 10.6 Å². The molecule has 0 atom stereocenters. The molecule has 0 aromatic heterocycles. The van der Waals surface area contributed by atoms with Crippen molar-refractivity contribution in [2.75, 3.05) is 52.3 Å². The van der Waals surface area contributed by atoms with Crippen LogP contribution in [0.3, 0.4) is 0 Å². The lowest BCUT2D eigenvalue weighted by Crippen LogP contribution is -2.49. The van der Waals surface area contributed by atoms with E-state index in [-0.39, 0.29) is 42.5 Å². The zero-order valence-corrected chi connectivity index (χ0v) is 20.9. The van der Waals surface area contributed by atoms with Crippen LogP contribution in [0.5, 0.6) is 0 Å². The standard InChI is InChI=1S/C20H31F2N5OS.HI/c1-26(2)19(28)13-24-20(23-8-11-29-3)25-16-6-9-27(10-7-16)14-15-4-5-17(21)18(22)12-15;/h4-5,12,16H,6-11,13-14H2,1-3H3,(H2,23,24,25);1H. The molecule has 30 heavy (non-hydrogen) atoms. The lowest BCUT2D eigenvalue weighted by atomic mass is 10.0. The number of rotatable bonds is 8. The number of halogens is 3. The van der Waals surface area contributed by atoms with Crippen molar-refractivity contribution in [3.05, 3.63) is 35.4 Å². The molecule has 1 aromatic rings. The topological polar surface area (TPSA) is 60.0 Å². The first-order valence-electron chi connectivity index (χ1n) is 9.79. The van der Waals surface area contributed by atoms with Gasteiger partial charge in [0.15, 0.2) is 17.6 Å². The molecule has 1 aliphatic rings. The lowest BCUT2D eigenvalue weighted by Gasteiger charge is -2.33. The summed E-state index contributed by atoms with van der Waals surface area (Å²) in [7, 11) is 3.43. The molecule has 0 unspecified atom stereocenters. The van der Waals surface area contributed by atoms with Gasteiger partial charge in [0.1, 0.15) is 6.54 Å². The number of nitrogens with one attached hydrogen (secondary N) is 2. The SMILES string of the molecule is CSCCNC(=NCC(=O)N(C)C)NC1CCN(Cc2ccc(F)c(F)c2)CC1.I. The van der Waals surface area contributed by atoms with E-state index < -0.39 is 11.6 Å². The maximum Gasteiger partial charge on any atom is 0.243 e. The second-order valence-electron chi connectivity index (χ2n) is 7.32. The number of hydrogen-bond acceptors (Lipinski definition) is 4. The minimum atomic E-state index is -0.815. The zero-order valence-electron chi connectivity index (χ0n) is 17.8. The molecule has 1 fully saturated rings. The van der Waals surface area contributed by atoms with Gasteiger partial charge in [-0.2, -0.15) is 11.8 Å². The van der Waals surface area contributed by atoms with E-state index >= 15 is 0 Å². The Morgan fingerprint density at radius 1 is 1.27 bits per heavy atom. The second-order valence-corrected chi connectivity index (χ2v) is 8.30. The molecule has 0 radical (unpaired) electrons. The molecule has 1 saturated heterocycles. The van der Waals surface area contributed by atoms with Crippen molar-refractivity contribution in [3.8, 4) is 0 Å². The summed E-state index contributed by atoms with van der Waals surface area (Å²) < 4.78 is 26.5. The molecule has 6 nitrogen and oxygen atoms in total. The van der Waals surface area contributed by atoms with Crippen LogP contribution in [0.2, 0.25) is 0 Å². The van der Waals surface area contributed by atoms with Gasteiger partial charge in [0.05, 0.1) is 0 Å². The van der Waals surface area contributed by atoms with Crippen LogP contribution in [0, 0.1) is 11.6 Å². The quantitative estimate of drug-likeness (QED) is 0.224. The number of carbonyl (C=O) groups is 1. The monoisotopic (exact) mass is 555 g/mol. The third-order valence-corrected chi connectivity index (χ3v) is 5.40. The number of hydrogen-bond donors (Lipinski definition) is 2. The van der Waals surface area contributed by atoms with E-state index in [0.29, 0.717) is 12.5 Å². The molecule has 1 amide bonds. The fourth-order valence-electron chi connectivity index (χ4n) is 3.04. The van der Waals surface area contributed by atoms with E-state index in [2.05, 4.69) is 20.5 Å². The molecular formula is C20H32F2IN5OS. The summed E-state index contributed by atoms with van der Waals surface area (Å²) in [6.07, 6.45) is 3.87. The van der Waals surface area contributed by atoms with Crippen molar-refractivity contribution in [1.82, 2.24) is 20.4 Å². The number of likely N-dealkylation sites (tertiary alicyclic amines) is 1. The molecular weight excluding hydrogens is 523 g/mol. The Hall–Kier alpha value is -1.14. The van der Waals surface area contributed by atoms with Gasteiger partial charge >= 0.3 is 0 Å². The Labute approximate surface area is 199 Å². The Kier molecular flexibility index (Phi) is 12.6. The summed E-state index contributed by atoms with van der Waals surface area (Å²) in [5.74, 6) is -0.0473. The molecule has 0 spiro atoms. The number of thioether (sulfide) groups is 1. The van der Waals surface area contributed by atoms with Crippen LogP contribution in [0.15, 0.2) is 23.2 Å². The van der Waals surface area contributed by atoms with Crippen molar-refractivity contribution >= 4 is 47.6 Å². The average Bonchev–Trinajstić information content (AvgIpc) is 2.70. The summed E-state index contributed by atoms with van der Waals surface area (Å²) in [6.45, 7) is 3.19. The normalized spacial score (nSPS) is 15.4. The number of nitrogens with zero attached hydrogens (tertiary/aromatic N) is 3. The molecule has 1 heterocycles. The van der Waals surface area contributed by atoms with Crippen LogP contribution >= 0.6 is 35.7 Å². The zero-order chi connectivity index (χ0) is 21.2. The van der Waals surface area contributed by atoms with Gasteiger partial charge in [0.2, 0.25) is 5.91 Å². The predicted molar refractivity (Wildman–Crippen MR) is 131 cm³/mol. The lowest BCUT2D eigenvalue weighted by molar-refractivity contribution is -0.127. The molecule has 170 valence electrons. The van der Waals surface area contributed by atoms with Gasteiger partial charge in [-0.25, -0.2) is 13.8 Å². The van der Waals surface area contributed by atoms with Crippen molar-refractivity contribution < 1.29 is 13.6 Å². The number of aliphatic imine (C=N–C) groups is 1. The fraction of sp³-hybridized carbons (Fsp3) is 0.600. The van der Waals surface area contributed by atoms with E-state index in [1.165, 1.54) is 17.0 Å². The molecule has 1 aliphatic heterocycles. The van der Waals surface area contributed by atoms with Crippen molar-refractivity contribution in [2.45, 2.75) is 25.4 Å². The van der Waals surface area contributed by atoms with E-state index in [1.54, 1.807) is 31.9 Å². The highest BCUT2D eigenvalue weighted by Gasteiger charge is 2.20. The second kappa shape index (κ2) is 14.0. The Bertz CT molecular complexity index is 700. The van der Waals surface area contributed by atoms with Crippen LogP contribution in [0.4, 0.5) is 8.78 Å². The third kappa shape index (κ3) is 9.34. The molecule has 0 aliphatic carbocycles. The first kappa shape index (κ1) is 26.9. The Morgan fingerprint density at radius 3 is 2.57 bits per heavy atom. The fourth-order valence-corrected chi connectivity index (χ4v) is 3.34. The van der Waals surface area contributed by atoms with Crippen LogP contribution in [-0.4, -0.2) is 80.0 Å². The maximum absolute atomic E-state index is 13.4. The number of guanidine groups is 1. The number of carbonyl (C=O) groups excluding carboxylic acids is 1. The van der Waals surface area contributed by atoms with E-state index in [9.17, 15) is 13.6 Å². The largest absolute Gasteiger partial charge is 0.356 e. The van der Waals surface area contributed by atoms with Crippen molar-refractivity contribution in [1.29, 1.82) is 0 Å². The molecule has 2 N–H and O–H groups in total. The predicted octanol–water partition coefficient (Wildman–Crippen LogP) is 2.53. The van der Waals surface area contributed by atoms with Crippen LogP contribution in [-0.2, 0) is 11.3 Å². The first-order chi connectivity index (χ1) is 13.9. The number of amides is 1.